The second kappa shape index (κ2) is 7.01. The third-order valence-corrected chi connectivity index (χ3v) is 4.25. The Morgan fingerprint density at radius 1 is 0.897 bits per heavy atom. The van der Waals surface area contributed by atoms with Gasteiger partial charge in [0.25, 0.3) is 0 Å². The van der Waals surface area contributed by atoms with Crippen molar-refractivity contribution in [2.75, 3.05) is 12.8 Å². The number of hydrogen-bond donors (Lipinski definition) is 1. The number of furan rings is 1. The number of anilines is 1. The summed E-state index contributed by atoms with van der Waals surface area (Å²) in [7, 11) is 1.56. The zero-order valence-corrected chi connectivity index (χ0v) is 15.0. The zero-order valence-electron chi connectivity index (χ0n) is 15.0. The van der Waals surface area contributed by atoms with Crippen LogP contribution in [0.1, 0.15) is 0 Å². The average Bonchev–Trinajstić information content (AvgIpc) is 3.08. The van der Waals surface area contributed by atoms with E-state index >= 15 is 0 Å². The van der Waals surface area contributed by atoms with Crippen molar-refractivity contribution in [3.05, 3.63) is 54.9 Å². The number of aromatic nitrogens is 2. The van der Waals surface area contributed by atoms with Crippen molar-refractivity contribution in [3.8, 4) is 33.9 Å². The third-order valence-electron chi connectivity index (χ3n) is 4.25. The van der Waals surface area contributed by atoms with Crippen LogP contribution in [0.3, 0.4) is 0 Å². The SMILES string of the molecule is COc1ccc(-c2oc3ncnc(N)c3c2-c2ccc(OC(F)(F)F)cc2)cc1. The number of methoxy groups -OCH3 is 1. The summed E-state index contributed by atoms with van der Waals surface area (Å²) in [4.78, 5) is 8.13. The maximum absolute atomic E-state index is 12.4. The normalized spacial score (nSPS) is 11.6. The minimum atomic E-state index is -4.77. The Kier molecular flexibility index (Phi) is 4.50. The number of nitrogens with zero attached hydrogens (tertiary/aromatic N) is 2. The molecule has 2 N–H and O–H groups in total. The minimum absolute atomic E-state index is 0.198. The monoisotopic (exact) mass is 401 g/mol. The van der Waals surface area contributed by atoms with Crippen LogP contribution in [0.5, 0.6) is 11.5 Å². The lowest BCUT2D eigenvalue weighted by atomic mass is 9.99. The van der Waals surface area contributed by atoms with Gasteiger partial charge >= 0.3 is 6.36 Å². The topological polar surface area (TPSA) is 83.4 Å². The molecular formula is C20H14F3N3O3. The van der Waals surface area contributed by atoms with Gasteiger partial charge in [-0.3, -0.25) is 0 Å². The van der Waals surface area contributed by atoms with Crippen molar-refractivity contribution in [1.82, 2.24) is 9.97 Å². The van der Waals surface area contributed by atoms with E-state index < -0.39 is 6.36 Å². The highest BCUT2D eigenvalue weighted by Gasteiger charge is 2.31. The van der Waals surface area contributed by atoms with Crippen LogP contribution < -0.4 is 15.2 Å². The van der Waals surface area contributed by atoms with Crippen molar-refractivity contribution in [2.45, 2.75) is 6.36 Å². The Labute approximate surface area is 162 Å². The second-order valence-corrected chi connectivity index (χ2v) is 6.05. The lowest BCUT2D eigenvalue weighted by Gasteiger charge is -2.10. The Morgan fingerprint density at radius 2 is 1.52 bits per heavy atom. The largest absolute Gasteiger partial charge is 0.573 e. The van der Waals surface area contributed by atoms with E-state index in [9.17, 15) is 13.2 Å². The summed E-state index contributed by atoms with van der Waals surface area (Å²) in [5.74, 6) is 0.993. The number of benzene rings is 2. The molecule has 0 bridgehead atoms. The van der Waals surface area contributed by atoms with Gasteiger partial charge in [-0.15, -0.1) is 13.2 Å². The van der Waals surface area contributed by atoms with Crippen LogP contribution in [0.25, 0.3) is 33.6 Å². The van der Waals surface area contributed by atoms with Crippen LogP contribution in [0.15, 0.2) is 59.3 Å². The Bertz CT molecular complexity index is 1150. The number of alkyl halides is 3. The Morgan fingerprint density at radius 3 is 2.14 bits per heavy atom. The highest BCUT2D eigenvalue weighted by atomic mass is 19.4. The lowest BCUT2D eigenvalue weighted by molar-refractivity contribution is -0.274. The number of hydrogen-bond acceptors (Lipinski definition) is 6. The smallest absolute Gasteiger partial charge is 0.497 e. The van der Waals surface area contributed by atoms with E-state index in [4.69, 9.17) is 14.9 Å². The Hall–Kier alpha value is -3.75. The van der Waals surface area contributed by atoms with E-state index in [1.165, 1.54) is 30.6 Å². The van der Waals surface area contributed by atoms with Crippen molar-refractivity contribution in [3.63, 3.8) is 0 Å². The molecule has 0 unspecified atom stereocenters. The average molecular weight is 401 g/mol. The fourth-order valence-electron chi connectivity index (χ4n) is 3.00. The maximum atomic E-state index is 12.4. The predicted molar refractivity (Wildman–Crippen MR) is 100 cm³/mol. The van der Waals surface area contributed by atoms with Gasteiger partial charge in [0.05, 0.1) is 12.5 Å². The summed E-state index contributed by atoms with van der Waals surface area (Å²) in [5.41, 5.74) is 8.17. The number of nitrogen functional groups attached to an aromatic ring is 1. The van der Waals surface area contributed by atoms with Crippen LogP contribution in [0, 0.1) is 0 Å². The van der Waals surface area contributed by atoms with Crippen molar-refractivity contribution in [1.29, 1.82) is 0 Å². The quantitative estimate of drug-likeness (QED) is 0.515. The molecule has 0 aliphatic rings. The summed E-state index contributed by atoms with van der Waals surface area (Å²) in [6.07, 6.45) is -3.49. The highest BCUT2D eigenvalue weighted by Crippen LogP contribution is 2.42. The molecule has 0 saturated carbocycles. The standard InChI is InChI=1S/C20H14F3N3O3/c1-27-13-6-4-12(5-7-13)17-15(16-18(24)25-10-26-19(16)28-17)11-2-8-14(9-3-11)29-20(21,22)23/h2-10H,1H3,(H2,24,25,26). The van der Waals surface area contributed by atoms with Gasteiger partial charge in [0.1, 0.15) is 29.4 Å². The predicted octanol–water partition coefficient (Wildman–Crippen LogP) is 5.05. The number of nitrogens with two attached hydrogens (primary N) is 1. The van der Waals surface area contributed by atoms with E-state index in [0.29, 0.717) is 33.6 Å². The molecule has 4 rings (SSSR count). The first-order valence-electron chi connectivity index (χ1n) is 8.39. The molecule has 2 aromatic carbocycles. The molecule has 148 valence electrons. The van der Waals surface area contributed by atoms with Crippen molar-refractivity contribution >= 4 is 16.9 Å². The van der Waals surface area contributed by atoms with Crippen LogP contribution in [0.2, 0.25) is 0 Å². The number of fused-ring (bicyclic) bond motifs is 1. The number of rotatable bonds is 4. The highest BCUT2D eigenvalue weighted by molar-refractivity contribution is 6.05. The zero-order chi connectivity index (χ0) is 20.6. The molecule has 2 aromatic heterocycles. The van der Waals surface area contributed by atoms with Crippen LogP contribution in [-0.4, -0.2) is 23.4 Å². The molecule has 0 amide bonds. The number of halogens is 3. The molecule has 0 radical (unpaired) electrons. The Balaban J connectivity index is 1.87. The van der Waals surface area contributed by atoms with E-state index in [2.05, 4.69) is 14.7 Å². The van der Waals surface area contributed by atoms with Gasteiger partial charge in [0.2, 0.25) is 5.71 Å². The number of ether oxygens (including phenoxy) is 2. The van der Waals surface area contributed by atoms with Gasteiger partial charge in [-0.2, -0.15) is 0 Å². The van der Waals surface area contributed by atoms with Crippen LogP contribution >= 0.6 is 0 Å². The van der Waals surface area contributed by atoms with Crippen molar-refractivity contribution in [2.24, 2.45) is 0 Å². The van der Waals surface area contributed by atoms with Gasteiger partial charge in [-0.1, -0.05) is 12.1 Å². The molecule has 0 aliphatic carbocycles. The molecule has 0 saturated heterocycles. The summed E-state index contributed by atoms with van der Waals surface area (Å²) in [5, 5.41) is 0.475. The summed E-state index contributed by atoms with van der Waals surface area (Å²) >= 11 is 0. The third kappa shape index (κ3) is 3.66. The van der Waals surface area contributed by atoms with E-state index in [-0.39, 0.29) is 17.3 Å². The molecule has 6 nitrogen and oxygen atoms in total. The lowest BCUT2D eigenvalue weighted by Crippen LogP contribution is -2.16. The van der Waals surface area contributed by atoms with E-state index in [1.807, 2.05) is 0 Å². The molecular weight excluding hydrogens is 387 g/mol. The fourth-order valence-corrected chi connectivity index (χ4v) is 3.00. The van der Waals surface area contributed by atoms with Crippen molar-refractivity contribution < 1.29 is 27.1 Å². The summed E-state index contributed by atoms with van der Waals surface area (Å²) in [6.45, 7) is 0. The van der Waals surface area contributed by atoms with Gasteiger partial charge in [0.15, 0.2) is 0 Å². The molecule has 0 spiro atoms. The molecule has 2 heterocycles. The second-order valence-electron chi connectivity index (χ2n) is 6.05. The molecule has 0 aliphatic heterocycles. The van der Waals surface area contributed by atoms with Crippen LogP contribution in [-0.2, 0) is 0 Å². The van der Waals surface area contributed by atoms with Crippen LogP contribution in [0.4, 0.5) is 19.0 Å². The first-order chi connectivity index (χ1) is 13.9. The minimum Gasteiger partial charge on any atom is -0.497 e. The summed E-state index contributed by atoms with van der Waals surface area (Å²) in [6, 6.07) is 12.5. The van der Waals surface area contributed by atoms with Gasteiger partial charge in [-0.05, 0) is 42.0 Å². The molecule has 29 heavy (non-hydrogen) atoms. The molecule has 0 atom stereocenters. The maximum Gasteiger partial charge on any atom is 0.573 e. The molecule has 0 fully saturated rings. The first kappa shape index (κ1) is 18.6. The molecule has 9 heteroatoms. The van der Waals surface area contributed by atoms with Gasteiger partial charge in [-0.25, -0.2) is 9.97 Å². The first-order valence-corrected chi connectivity index (χ1v) is 8.39. The fraction of sp³-hybridized carbons (Fsp3) is 0.100. The summed E-state index contributed by atoms with van der Waals surface area (Å²) < 4.78 is 52.4. The molecule has 4 aromatic rings. The van der Waals surface area contributed by atoms with E-state index in [1.54, 1.807) is 31.4 Å². The van der Waals surface area contributed by atoms with E-state index in [0.717, 1.165) is 0 Å². The van der Waals surface area contributed by atoms with Gasteiger partial charge < -0.3 is 19.6 Å². The van der Waals surface area contributed by atoms with Gasteiger partial charge in [0, 0.05) is 11.1 Å².